The maximum absolute atomic E-state index is 14.3. The predicted molar refractivity (Wildman–Crippen MR) is 150 cm³/mol. The van der Waals surface area contributed by atoms with Crippen LogP contribution >= 0.6 is 23.2 Å². The van der Waals surface area contributed by atoms with Gasteiger partial charge in [0.1, 0.15) is 22.7 Å². The van der Waals surface area contributed by atoms with Crippen molar-refractivity contribution in [2.45, 2.75) is 52.6 Å². The summed E-state index contributed by atoms with van der Waals surface area (Å²) in [5, 5.41) is 20.0. The van der Waals surface area contributed by atoms with E-state index in [4.69, 9.17) is 23.2 Å². The minimum absolute atomic E-state index is 0.160. The van der Waals surface area contributed by atoms with Gasteiger partial charge in [0, 0.05) is 31.9 Å². The zero-order valence-corrected chi connectivity index (χ0v) is 25.4. The zero-order chi connectivity index (χ0) is 32.9. The first kappa shape index (κ1) is 32.6. The van der Waals surface area contributed by atoms with Gasteiger partial charge in [-0.25, -0.2) is 13.2 Å². The van der Waals surface area contributed by atoms with E-state index in [1.54, 1.807) is 0 Å². The van der Waals surface area contributed by atoms with Crippen LogP contribution in [-0.4, -0.2) is 95.5 Å². The minimum Gasteiger partial charge on any atom is -0.484 e. The molecule has 3 fully saturated rings. The number of amides is 3. The summed E-state index contributed by atoms with van der Waals surface area (Å²) < 4.78 is 70.0. The van der Waals surface area contributed by atoms with Crippen LogP contribution in [0, 0.1) is 11.3 Å². The molecule has 2 aliphatic heterocycles. The number of nitrogens with zero attached hydrogens (tertiary/aromatic N) is 4. The Morgan fingerprint density at radius 2 is 1.87 bits per heavy atom. The molecular formula is C27H24Cl2F3N5O7S. The van der Waals surface area contributed by atoms with Crippen molar-refractivity contribution in [3.8, 4) is 11.8 Å². The van der Waals surface area contributed by atoms with Crippen molar-refractivity contribution < 1.29 is 45.8 Å². The molecule has 5 rings (SSSR count). The number of carboxylic acid groups (broad SMARTS) is 1. The Morgan fingerprint density at radius 1 is 1.18 bits per heavy atom. The smallest absolute Gasteiger partial charge is 0.422 e. The van der Waals surface area contributed by atoms with Gasteiger partial charge in [-0.1, -0.05) is 23.2 Å². The van der Waals surface area contributed by atoms with Crippen LogP contribution in [0.3, 0.4) is 0 Å². The van der Waals surface area contributed by atoms with Crippen molar-refractivity contribution in [1.29, 1.82) is 5.26 Å². The van der Waals surface area contributed by atoms with Crippen molar-refractivity contribution in [3.05, 3.63) is 52.3 Å². The number of pyridine rings is 1. The second kappa shape index (κ2) is 11.5. The number of nitriles is 1. The van der Waals surface area contributed by atoms with Gasteiger partial charge in [0.2, 0.25) is 11.8 Å². The van der Waals surface area contributed by atoms with Gasteiger partial charge in [0.25, 0.3) is 0 Å². The summed E-state index contributed by atoms with van der Waals surface area (Å²) in [5.41, 5.74) is -2.56. The molecule has 1 aliphatic carbocycles. The fraction of sp³-hybridized carbons (Fsp3) is 0.444. The third kappa shape index (κ3) is 6.34. The van der Waals surface area contributed by atoms with Crippen LogP contribution in [0.5, 0.6) is 5.75 Å². The van der Waals surface area contributed by atoms with Gasteiger partial charge in [-0.15, -0.1) is 0 Å². The van der Waals surface area contributed by atoms with E-state index in [0.29, 0.717) is 12.8 Å². The quantitative estimate of drug-likeness (QED) is 0.423. The molecular weight excluding hydrogens is 666 g/mol. The van der Waals surface area contributed by atoms with Crippen LogP contribution in [0.1, 0.15) is 25.0 Å². The molecule has 0 bridgehead atoms. The number of hydrogen-bond acceptors (Lipinski definition) is 8. The zero-order valence-electron chi connectivity index (χ0n) is 23.1. The summed E-state index contributed by atoms with van der Waals surface area (Å²) in [7, 11) is -4.41. The van der Waals surface area contributed by atoms with Crippen LogP contribution in [0.15, 0.2) is 41.4 Å². The van der Waals surface area contributed by atoms with Crippen LogP contribution in [0.2, 0.25) is 10.0 Å². The van der Waals surface area contributed by atoms with Gasteiger partial charge >= 0.3 is 12.3 Å². The molecule has 3 aliphatic rings. The highest BCUT2D eigenvalue weighted by molar-refractivity contribution is 7.92. The second-order valence-corrected chi connectivity index (χ2v) is 14.2. The Bertz CT molecular complexity index is 1690. The Kier molecular flexibility index (Phi) is 8.34. The number of aromatic nitrogens is 1. The Balaban J connectivity index is 1.48. The topological polar surface area (TPSA) is 170 Å². The third-order valence-corrected chi connectivity index (χ3v) is 10.9. The molecule has 0 unspecified atom stereocenters. The van der Waals surface area contributed by atoms with Gasteiger partial charge in [-0.05, 0) is 43.5 Å². The van der Waals surface area contributed by atoms with E-state index < -0.39 is 85.7 Å². The Labute approximate surface area is 264 Å². The van der Waals surface area contributed by atoms with E-state index >= 15 is 0 Å². The maximum Gasteiger partial charge on any atom is 0.422 e. The number of halogens is 5. The molecule has 2 aromatic rings. The van der Waals surface area contributed by atoms with E-state index in [1.165, 1.54) is 18.3 Å². The highest BCUT2D eigenvalue weighted by atomic mass is 35.5. The fourth-order valence-electron chi connectivity index (χ4n) is 5.43. The molecule has 3 heterocycles. The maximum atomic E-state index is 14.3. The highest BCUT2D eigenvalue weighted by Crippen LogP contribution is 2.41. The van der Waals surface area contributed by atoms with Crippen molar-refractivity contribution in [2.24, 2.45) is 0 Å². The fourth-order valence-corrected chi connectivity index (χ4v) is 7.78. The number of carbonyl (C=O) groups excluding carboxylic acids is 2. The number of nitrogens with one attached hydrogen (secondary N) is 1. The average molecular weight is 690 g/mol. The lowest BCUT2D eigenvalue weighted by molar-refractivity contribution is -0.153. The normalized spacial score (nSPS) is 21.8. The van der Waals surface area contributed by atoms with Crippen molar-refractivity contribution in [3.63, 3.8) is 0 Å². The van der Waals surface area contributed by atoms with Crippen LogP contribution < -0.4 is 10.1 Å². The molecule has 1 aromatic carbocycles. The van der Waals surface area contributed by atoms with Crippen molar-refractivity contribution in [2.75, 3.05) is 26.2 Å². The van der Waals surface area contributed by atoms with Gasteiger partial charge in [-0.3, -0.25) is 14.6 Å². The van der Waals surface area contributed by atoms with Gasteiger partial charge in [0.15, 0.2) is 16.4 Å². The minimum atomic E-state index is -4.64. The highest BCUT2D eigenvalue weighted by Gasteiger charge is 2.59. The summed E-state index contributed by atoms with van der Waals surface area (Å²) in [6, 6.07) is 6.43. The van der Waals surface area contributed by atoms with Crippen LogP contribution in [-0.2, 0) is 24.8 Å². The largest absolute Gasteiger partial charge is 0.484 e. The van der Waals surface area contributed by atoms with Crippen LogP contribution in [0.4, 0.5) is 18.0 Å². The summed E-state index contributed by atoms with van der Waals surface area (Å²) in [6.45, 7) is -2.79. The molecule has 2 N–H and O–H groups in total. The Morgan fingerprint density at radius 3 is 2.40 bits per heavy atom. The number of ether oxygens (including phenoxy) is 1. The number of carbonyl (C=O) groups is 3. The summed E-state index contributed by atoms with van der Waals surface area (Å²) in [4.78, 5) is 45.3. The molecule has 3 amide bonds. The lowest BCUT2D eigenvalue weighted by atomic mass is 9.75. The first-order valence-electron chi connectivity index (χ1n) is 13.4. The van der Waals surface area contributed by atoms with Crippen LogP contribution in [0.25, 0.3) is 0 Å². The SMILES string of the molecule is N#CC1(NC(=O)[C@@H]2C[C@@H](S(=O)(=O)c3ccc(OCC(F)(F)F)cc3Cl)CN2C(=O)C2(c3ccc(Cl)cn3)CN(C(=O)O)C2)CC1. The van der Waals surface area contributed by atoms with E-state index in [9.17, 15) is 46.3 Å². The first-order valence-corrected chi connectivity index (χ1v) is 15.7. The molecule has 0 spiro atoms. The monoisotopic (exact) mass is 689 g/mol. The lowest BCUT2D eigenvalue weighted by Gasteiger charge is -2.48. The Hall–Kier alpha value is -3.81. The lowest BCUT2D eigenvalue weighted by Crippen LogP contribution is -2.69. The molecule has 45 heavy (non-hydrogen) atoms. The molecule has 2 saturated heterocycles. The van der Waals surface area contributed by atoms with Crippen molar-refractivity contribution >= 4 is 50.9 Å². The molecule has 2 atom stereocenters. The summed E-state index contributed by atoms with van der Waals surface area (Å²) in [5.74, 6) is -1.85. The molecule has 0 radical (unpaired) electrons. The van der Waals surface area contributed by atoms with E-state index in [-0.39, 0.29) is 29.6 Å². The van der Waals surface area contributed by atoms with E-state index in [0.717, 1.165) is 28.0 Å². The number of alkyl halides is 3. The number of hydrogen-bond donors (Lipinski definition) is 2. The first-order chi connectivity index (χ1) is 21.0. The molecule has 12 nitrogen and oxygen atoms in total. The molecule has 1 saturated carbocycles. The molecule has 240 valence electrons. The summed E-state index contributed by atoms with van der Waals surface area (Å²) in [6.07, 6.45) is -4.35. The van der Waals surface area contributed by atoms with Gasteiger partial charge < -0.3 is 25.0 Å². The second-order valence-electron chi connectivity index (χ2n) is 11.1. The predicted octanol–water partition coefficient (Wildman–Crippen LogP) is 3.18. The van der Waals surface area contributed by atoms with Gasteiger partial charge in [-0.2, -0.15) is 18.4 Å². The standard InChI is InChI=1S/C27H24Cl2F3N5O7S/c28-15-1-4-21(34-9-15)26(12-36(13-26)24(40)41)23(39)37-10-17(8-19(37)22(38)35-25(11-33)5-6-25)45(42,43)20-3-2-16(7-18(20)29)44-14-27(30,31)32/h1-4,7,9,17,19H,5-6,8,10,12-14H2,(H,35,38)(H,40,41)/t17-,19+/m1/s1. The van der Waals surface area contributed by atoms with E-state index in [1.807, 2.05) is 6.07 Å². The van der Waals surface area contributed by atoms with E-state index in [2.05, 4.69) is 15.0 Å². The summed E-state index contributed by atoms with van der Waals surface area (Å²) >= 11 is 12.1. The molecule has 1 aromatic heterocycles. The number of likely N-dealkylation sites (tertiary alicyclic amines) is 2. The number of rotatable bonds is 8. The number of sulfone groups is 1. The van der Waals surface area contributed by atoms with Crippen molar-refractivity contribution in [1.82, 2.24) is 20.1 Å². The number of benzene rings is 1. The van der Waals surface area contributed by atoms with Gasteiger partial charge in [0.05, 0.1) is 32.0 Å². The molecule has 18 heteroatoms. The average Bonchev–Trinajstić information content (AvgIpc) is 3.56. The third-order valence-electron chi connectivity index (χ3n) is 8.02.